The van der Waals surface area contributed by atoms with E-state index in [4.69, 9.17) is 21.1 Å². The Morgan fingerprint density at radius 2 is 1.76 bits per heavy atom. The predicted octanol–water partition coefficient (Wildman–Crippen LogP) is 5.05. The summed E-state index contributed by atoms with van der Waals surface area (Å²) in [6.07, 6.45) is -4.85. The van der Waals surface area contributed by atoms with Gasteiger partial charge in [-0.3, -0.25) is 0 Å². The van der Waals surface area contributed by atoms with E-state index in [1.54, 1.807) is 0 Å². The SMILES string of the molecule is COc1cc(OC(F)(F)F)ccc1Oc1ccc(Cl)c(C)c1C(=O)O. The number of methoxy groups -OCH3 is 1. The van der Waals surface area contributed by atoms with Crippen LogP contribution in [0.1, 0.15) is 15.9 Å². The van der Waals surface area contributed by atoms with Crippen molar-refractivity contribution in [1.82, 2.24) is 0 Å². The molecule has 0 atom stereocenters. The first-order valence-corrected chi connectivity index (χ1v) is 7.14. The molecule has 25 heavy (non-hydrogen) atoms. The maximum atomic E-state index is 12.3. The number of carboxylic acids is 1. The first-order chi connectivity index (χ1) is 11.6. The fraction of sp³-hybridized carbons (Fsp3) is 0.188. The molecule has 2 aromatic carbocycles. The van der Waals surface area contributed by atoms with Gasteiger partial charge in [-0.25, -0.2) is 4.79 Å². The molecule has 9 heteroatoms. The second kappa shape index (κ2) is 7.10. The number of carboxylic acid groups (broad SMARTS) is 1. The van der Waals surface area contributed by atoms with Gasteiger partial charge in [-0.1, -0.05) is 11.6 Å². The van der Waals surface area contributed by atoms with E-state index in [2.05, 4.69) is 4.74 Å². The lowest BCUT2D eigenvalue weighted by molar-refractivity contribution is -0.274. The molecular formula is C16H12ClF3O5. The summed E-state index contributed by atoms with van der Waals surface area (Å²) in [4.78, 5) is 11.4. The first kappa shape index (κ1) is 18.7. The maximum Gasteiger partial charge on any atom is 0.573 e. The molecule has 0 unspecified atom stereocenters. The van der Waals surface area contributed by atoms with E-state index in [1.165, 1.54) is 32.2 Å². The molecule has 0 spiro atoms. The molecular weight excluding hydrogens is 365 g/mol. The van der Waals surface area contributed by atoms with E-state index in [0.29, 0.717) is 5.56 Å². The van der Waals surface area contributed by atoms with Gasteiger partial charge >= 0.3 is 12.3 Å². The second-order valence-corrected chi connectivity index (χ2v) is 5.22. The van der Waals surface area contributed by atoms with Gasteiger partial charge in [0.2, 0.25) is 0 Å². The van der Waals surface area contributed by atoms with Crippen LogP contribution in [-0.4, -0.2) is 24.5 Å². The average molecular weight is 377 g/mol. The second-order valence-electron chi connectivity index (χ2n) is 4.81. The van der Waals surface area contributed by atoms with Gasteiger partial charge in [0, 0.05) is 11.1 Å². The molecule has 5 nitrogen and oxygen atoms in total. The van der Waals surface area contributed by atoms with Gasteiger partial charge in [0.25, 0.3) is 0 Å². The van der Waals surface area contributed by atoms with E-state index in [1.807, 2.05) is 0 Å². The van der Waals surface area contributed by atoms with Gasteiger partial charge in [-0.05, 0) is 36.8 Å². The summed E-state index contributed by atoms with van der Waals surface area (Å²) in [5, 5.41) is 9.57. The summed E-state index contributed by atoms with van der Waals surface area (Å²) in [6, 6.07) is 5.97. The van der Waals surface area contributed by atoms with E-state index >= 15 is 0 Å². The summed E-state index contributed by atoms with van der Waals surface area (Å²) in [7, 11) is 1.23. The third-order valence-electron chi connectivity index (χ3n) is 3.16. The zero-order chi connectivity index (χ0) is 18.8. The Hall–Kier alpha value is -2.61. The van der Waals surface area contributed by atoms with Gasteiger partial charge in [0.1, 0.15) is 17.1 Å². The summed E-state index contributed by atoms with van der Waals surface area (Å²) in [6.45, 7) is 1.51. The van der Waals surface area contributed by atoms with Crippen LogP contribution in [0.4, 0.5) is 13.2 Å². The topological polar surface area (TPSA) is 65.0 Å². The van der Waals surface area contributed by atoms with Crippen LogP contribution in [0.5, 0.6) is 23.0 Å². The third-order valence-corrected chi connectivity index (χ3v) is 3.57. The number of aromatic carboxylic acids is 1. The highest BCUT2D eigenvalue weighted by atomic mass is 35.5. The number of halogens is 4. The monoisotopic (exact) mass is 376 g/mol. The lowest BCUT2D eigenvalue weighted by Gasteiger charge is -2.15. The number of carbonyl (C=O) groups is 1. The van der Waals surface area contributed by atoms with Crippen molar-refractivity contribution in [3.63, 3.8) is 0 Å². The molecule has 0 saturated heterocycles. The summed E-state index contributed by atoms with van der Waals surface area (Å²) >= 11 is 5.91. The smallest absolute Gasteiger partial charge is 0.493 e. The Labute approximate surface area is 145 Å². The zero-order valence-electron chi connectivity index (χ0n) is 13.0. The van der Waals surface area contributed by atoms with Crippen molar-refractivity contribution in [1.29, 1.82) is 0 Å². The van der Waals surface area contributed by atoms with Crippen molar-refractivity contribution < 1.29 is 37.3 Å². The molecule has 0 aliphatic carbocycles. The number of rotatable bonds is 5. The van der Waals surface area contributed by atoms with Crippen LogP contribution >= 0.6 is 11.6 Å². The van der Waals surface area contributed by atoms with Crippen molar-refractivity contribution >= 4 is 17.6 Å². The maximum absolute atomic E-state index is 12.3. The first-order valence-electron chi connectivity index (χ1n) is 6.76. The number of hydrogen-bond acceptors (Lipinski definition) is 4. The largest absolute Gasteiger partial charge is 0.573 e. The van der Waals surface area contributed by atoms with Crippen molar-refractivity contribution in [2.75, 3.05) is 7.11 Å². The molecule has 2 rings (SSSR count). The highest BCUT2D eigenvalue weighted by Gasteiger charge is 2.31. The quantitative estimate of drug-likeness (QED) is 0.791. The van der Waals surface area contributed by atoms with Crippen LogP contribution < -0.4 is 14.2 Å². The summed E-state index contributed by atoms with van der Waals surface area (Å²) < 4.78 is 51.1. The molecule has 0 radical (unpaired) electrons. The number of ether oxygens (including phenoxy) is 3. The standard InChI is InChI=1S/C16H12ClF3O5/c1-8-10(17)4-6-12(14(8)15(21)22)24-11-5-3-9(7-13(11)23-2)25-16(18,19)20/h3-7H,1-2H3,(H,21,22). The van der Waals surface area contributed by atoms with E-state index in [0.717, 1.165) is 12.1 Å². The fourth-order valence-electron chi connectivity index (χ4n) is 2.06. The van der Waals surface area contributed by atoms with Crippen LogP contribution in [0, 0.1) is 6.92 Å². The van der Waals surface area contributed by atoms with Crippen LogP contribution in [0.3, 0.4) is 0 Å². The van der Waals surface area contributed by atoms with Crippen LogP contribution in [0.15, 0.2) is 30.3 Å². The molecule has 0 aromatic heterocycles. The predicted molar refractivity (Wildman–Crippen MR) is 82.9 cm³/mol. The van der Waals surface area contributed by atoms with Crippen LogP contribution in [0.25, 0.3) is 0 Å². The summed E-state index contributed by atoms with van der Waals surface area (Å²) in [5.74, 6) is -1.84. The molecule has 1 N–H and O–H groups in total. The van der Waals surface area contributed by atoms with Crippen molar-refractivity contribution in [3.05, 3.63) is 46.5 Å². The Morgan fingerprint density at radius 3 is 2.32 bits per heavy atom. The minimum Gasteiger partial charge on any atom is -0.493 e. The Morgan fingerprint density at radius 1 is 1.12 bits per heavy atom. The fourth-order valence-corrected chi connectivity index (χ4v) is 2.22. The van der Waals surface area contributed by atoms with Crippen molar-refractivity contribution in [2.24, 2.45) is 0 Å². The van der Waals surface area contributed by atoms with Crippen molar-refractivity contribution in [3.8, 4) is 23.0 Å². The molecule has 134 valence electrons. The normalized spacial score (nSPS) is 11.1. The molecule has 0 aliphatic heterocycles. The molecule has 0 aliphatic rings. The van der Waals surface area contributed by atoms with Gasteiger partial charge in [-0.2, -0.15) is 0 Å². The highest BCUT2D eigenvalue weighted by molar-refractivity contribution is 6.31. The number of benzene rings is 2. The van der Waals surface area contributed by atoms with Gasteiger partial charge in [-0.15, -0.1) is 13.2 Å². The third kappa shape index (κ3) is 4.48. The molecule has 0 amide bonds. The number of hydrogen-bond donors (Lipinski definition) is 1. The van der Waals surface area contributed by atoms with Gasteiger partial charge in [0.05, 0.1) is 7.11 Å². The Kier molecular flexibility index (Phi) is 5.32. The van der Waals surface area contributed by atoms with E-state index in [-0.39, 0.29) is 27.8 Å². The molecule has 0 heterocycles. The Balaban J connectivity index is 2.41. The van der Waals surface area contributed by atoms with Gasteiger partial charge in [0.15, 0.2) is 11.5 Å². The van der Waals surface area contributed by atoms with E-state index < -0.39 is 18.1 Å². The van der Waals surface area contributed by atoms with E-state index in [9.17, 15) is 23.1 Å². The number of alkyl halides is 3. The minimum atomic E-state index is -4.85. The molecule has 0 saturated carbocycles. The highest BCUT2D eigenvalue weighted by Crippen LogP contribution is 2.38. The zero-order valence-corrected chi connectivity index (χ0v) is 13.7. The van der Waals surface area contributed by atoms with Crippen molar-refractivity contribution in [2.45, 2.75) is 13.3 Å². The Bertz CT molecular complexity index is 805. The average Bonchev–Trinajstić information content (AvgIpc) is 2.50. The summed E-state index contributed by atoms with van der Waals surface area (Å²) in [5.41, 5.74) is 0.132. The minimum absolute atomic E-state index is 0.0150. The molecule has 0 bridgehead atoms. The van der Waals surface area contributed by atoms with Crippen LogP contribution in [0.2, 0.25) is 5.02 Å². The molecule has 0 fully saturated rings. The lowest BCUT2D eigenvalue weighted by atomic mass is 10.1. The van der Waals surface area contributed by atoms with Gasteiger partial charge < -0.3 is 19.3 Å². The van der Waals surface area contributed by atoms with Crippen LogP contribution in [-0.2, 0) is 0 Å². The lowest BCUT2D eigenvalue weighted by Crippen LogP contribution is -2.17. The molecule has 2 aromatic rings.